The van der Waals surface area contributed by atoms with E-state index >= 15 is 0 Å². The van der Waals surface area contributed by atoms with E-state index in [-0.39, 0.29) is 5.75 Å². The third-order valence-electron chi connectivity index (χ3n) is 4.23. The number of hydrogen-bond acceptors (Lipinski definition) is 6. The van der Waals surface area contributed by atoms with Gasteiger partial charge in [0.1, 0.15) is 11.8 Å². The van der Waals surface area contributed by atoms with Crippen molar-refractivity contribution in [3.05, 3.63) is 66.0 Å². The topological polar surface area (TPSA) is 94.2 Å². The molecule has 0 unspecified atom stereocenters. The summed E-state index contributed by atoms with van der Waals surface area (Å²) in [6.07, 6.45) is 3.79. The molecule has 0 saturated carbocycles. The predicted octanol–water partition coefficient (Wildman–Crippen LogP) is 3.68. The molecule has 0 aliphatic carbocycles. The number of thioether (sulfide) groups is 1. The first-order valence-electron chi connectivity index (χ1n) is 8.44. The molecule has 4 rings (SSSR count). The Labute approximate surface area is 168 Å². The number of nitrogen functional groups attached to an aromatic ring is 1. The first-order chi connectivity index (χ1) is 14.1. The highest BCUT2D eigenvalue weighted by Gasteiger charge is 2.15. The van der Waals surface area contributed by atoms with Gasteiger partial charge in [0.05, 0.1) is 11.1 Å². The minimum absolute atomic E-state index is 0.0474. The summed E-state index contributed by atoms with van der Waals surface area (Å²) in [7, 11) is 0. The number of alkyl halides is 2. The van der Waals surface area contributed by atoms with Crippen LogP contribution in [0.2, 0.25) is 0 Å². The van der Waals surface area contributed by atoms with Crippen molar-refractivity contribution in [3.8, 4) is 23.2 Å². The number of halogens is 2. The lowest BCUT2D eigenvalue weighted by molar-refractivity contribution is -0.0498. The third kappa shape index (κ3) is 3.72. The van der Waals surface area contributed by atoms with Crippen LogP contribution in [0.1, 0.15) is 11.1 Å². The highest BCUT2D eigenvalue weighted by atomic mass is 32.2. The number of rotatable bonds is 6. The van der Waals surface area contributed by atoms with Gasteiger partial charge in [-0.3, -0.25) is 0 Å². The first-order valence-corrected chi connectivity index (χ1v) is 9.42. The van der Waals surface area contributed by atoms with Crippen molar-refractivity contribution in [1.29, 1.82) is 5.26 Å². The summed E-state index contributed by atoms with van der Waals surface area (Å²) in [5.74, 6) is 7.04. The highest BCUT2D eigenvalue weighted by Crippen LogP contribution is 2.28. The molecule has 0 radical (unpaired) electrons. The van der Waals surface area contributed by atoms with Crippen LogP contribution in [0.5, 0.6) is 5.75 Å². The fourth-order valence-corrected chi connectivity index (χ4v) is 3.74. The van der Waals surface area contributed by atoms with Gasteiger partial charge in [-0.05, 0) is 42.0 Å². The Morgan fingerprint density at radius 1 is 1.17 bits per heavy atom. The molecule has 3 aromatic heterocycles. The Kier molecular flexibility index (Phi) is 5.05. The van der Waals surface area contributed by atoms with Crippen LogP contribution in [-0.4, -0.2) is 25.9 Å². The minimum Gasteiger partial charge on any atom is -0.435 e. The molecule has 0 fully saturated rings. The van der Waals surface area contributed by atoms with E-state index in [1.165, 1.54) is 28.6 Å². The number of nitriles is 1. The smallest absolute Gasteiger partial charge is 0.387 e. The molecule has 10 heteroatoms. The number of aromatic nitrogens is 4. The van der Waals surface area contributed by atoms with Crippen LogP contribution in [0.4, 0.5) is 8.78 Å². The van der Waals surface area contributed by atoms with E-state index in [1.807, 2.05) is 35.0 Å². The van der Waals surface area contributed by atoms with Crippen LogP contribution in [-0.2, 0) is 5.75 Å². The second-order valence-electron chi connectivity index (χ2n) is 6.00. The lowest BCUT2D eigenvalue weighted by Crippen LogP contribution is -2.11. The van der Waals surface area contributed by atoms with E-state index in [0.29, 0.717) is 27.9 Å². The van der Waals surface area contributed by atoms with Gasteiger partial charge in [-0.2, -0.15) is 14.0 Å². The quantitative estimate of drug-likeness (QED) is 0.384. The summed E-state index contributed by atoms with van der Waals surface area (Å²) in [5.41, 5.74) is 2.92. The number of nitrogens with two attached hydrogens (primary N) is 1. The van der Waals surface area contributed by atoms with Crippen molar-refractivity contribution in [2.75, 3.05) is 5.84 Å². The van der Waals surface area contributed by atoms with Gasteiger partial charge in [0.15, 0.2) is 5.82 Å². The normalized spacial score (nSPS) is 11.1. The van der Waals surface area contributed by atoms with Gasteiger partial charge in [-0.15, -0.1) is 10.2 Å². The Hall–Kier alpha value is -3.58. The van der Waals surface area contributed by atoms with Crippen molar-refractivity contribution in [2.45, 2.75) is 17.5 Å². The van der Waals surface area contributed by atoms with E-state index in [9.17, 15) is 14.0 Å². The predicted molar refractivity (Wildman–Crippen MR) is 104 cm³/mol. The van der Waals surface area contributed by atoms with Crippen LogP contribution in [0.25, 0.3) is 16.9 Å². The molecule has 0 atom stereocenters. The fraction of sp³-hybridized carbons (Fsp3) is 0.105. The fourth-order valence-electron chi connectivity index (χ4n) is 2.92. The van der Waals surface area contributed by atoms with E-state index < -0.39 is 6.61 Å². The van der Waals surface area contributed by atoms with Crippen molar-refractivity contribution in [3.63, 3.8) is 0 Å². The molecule has 2 N–H and O–H groups in total. The molecule has 7 nitrogen and oxygen atoms in total. The molecule has 29 heavy (non-hydrogen) atoms. The van der Waals surface area contributed by atoms with Crippen molar-refractivity contribution in [1.82, 2.24) is 19.3 Å². The average molecular weight is 412 g/mol. The molecule has 0 aliphatic heterocycles. The summed E-state index contributed by atoms with van der Waals surface area (Å²) < 4.78 is 32.1. The highest BCUT2D eigenvalue weighted by molar-refractivity contribution is 7.98. The zero-order valence-electron chi connectivity index (χ0n) is 14.9. The summed E-state index contributed by atoms with van der Waals surface area (Å²) in [5, 5.41) is 18.1. The molecule has 1 aromatic carbocycles. The van der Waals surface area contributed by atoms with Crippen LogP contribution in [0, 0.1) is 11.3 Å². The van der Waals surface area contributed by atoms with E-state index in [0.717, 1.165) is 11.1 Å². The molecular formula is C19H14F2N6OS. The average Bonchev–Trinajstić information content (AvgIpc) is 3.26. The second-order valence-corrected chi connectivity index (χ2v) is 6.94. The summed E-state index contributed by atoms with van der Waals surface area (Å²) in [6, 6.07) is 13.9. The first kappa shape index (κ1) is 18.8. The molecule has 0 saturated heterocycles. The molecule has 0 amide bonds. The standard InChI is InChI=1S/C19H14F2N6OS/c20-18(21)28-14-6-4-12(5-7-14)17-24-25-19(27(17)23)29-11-13-10-26-8-2-1-3-16(26)15(13)9-22/h1-8,10,18H,11,23H2. The Morgan fingerprint density at radius 3 is 2.69 bits per heavy atom. The van der Waals surface area contributed by atoms with Gasteiger partial charge in [0, 0.05) is 23.7 Å². The molecule has 0 bridgehead atoms. The van der Waals surface area contributed by atoms with Crippen molar-refractivity contribution < 1.29 is 13.5 Å². The van der Waals surface area contributed by atoms with Gasteiger partial charge >= 0.3 is 6.61 Å². The number of fused-ring (bicyclic) bond motifs is 1. The molecule has 146 valence electrons. The summed E-state index contributed by atoms with van der Waals surface area (Å²) in [6.45, 7) is -2.88. The van der Waals surface area contributed by atoms with Gasteiger partial charge in [0.25, 0.3) is 0 Å². The molecule has 4 aromatic rings. The maximum atomic E-state index is 12.3. The van der Waals surface area contributed by atoms with Crippen LogP contribution in [0.3, 0.4) is 0 Å². The number of benzene rings is 1. The summed E-state index contributed by atoms with van der Waals surface area (Å²) in [4.78, 5) is 0. The van der Waals surface area contributed by atoms with Gasteiger partial charge < -0.3 is 15.0 Å². The number of hydrogen-bond donors (Lipinski definition) is 1. The minimum atomic E-state index is -2.88. The Balaban J connectivity index is 1.53. The van der Waals surface area contributed by atoms with Crippen molar-refractivity contribution in [2.24, 2.45) is 0 Å². The van der Waals surface area contributed by atoms with Gasteiger partial charge in [0.2, 0.25) is 5.16 Å². The van der Waals surface area contributed by atoms with Crippen molar-refractivity contribution >= 4 is 17.3 Å². The van der Waals surface area contributed by atoms with Gasteiger partial charge in [-0.1, -0.05) is 17.8 Å². The second kappa shape index (κ2) is 7.81. The molecular weight excluding hydrogens is 398 g/mol. The van der Waals surface area contributed by atoms with E-state index in [4.69, 9.17) is 5.84 Å². The zero-order valence-corrected chi connectivity index (χ0v) is 15.7. The zero-order chi connectivity index (χ0) is 20.4. The Morgan fingerprint density at radius 2 is 1.97 bits per heavy atom. The maximum absolute atomic E-state index is 12.3. The van der Waals surface area contributed by atoms with Crippen LogP contribution >= 0.6 is 11.8 Å². The number of pyridine rings is 1. The van der Waals surface area contributed by atoms with Crippen LogP contribution < -0.4 is 10.6 Å². The van der Waals surface area contributed by atoms with Crippen LogP contribution in [0.15, 0.2) is 60.0 Å². The lowest BCUT2D eigenvalue weighted by Gasteiger charge is -2.06. The third-order valence-corrected chi connectivity index (χ3v) is 5.22. The maximum Gasteiger partial charge on any atom is 0.387 e. The van der Waals surface area contributed by atoms with Gasteiger partial charge in [-0.25, -0.2) is 4.68 Å². The SMILES string of the molecule is N#Cc1c(CSc2nnc(-c3ccc(OC(F)F)cc3)n2N)cn2ccccc12. The molecule has 0 aliphatic rings. The number of ether oxygens (including phenoxy) is 1. The number of nitrogens with zero attached hydrogens (tertiary/aromatic N) is 5. The summed E-state index contributed by atoms with van der Waals surface area (Å²) >= 11 is 1.35. The largest absolute Gasteiger partial charge is 0.435 e. The molecule has 0 spiro atoms. The van der Waals surface area contributed by atoms with E-state index in [2.05, 4.69) is 21.0 Å². The lowest BCUT2D eigenvalue weighted by atomic mass is 10.2. The van der Waals surface area contributed by atoms with E-state index in [1.54, 1.807) is 12.1 Å². The Bertz CT molecular complexity index is 1200. The molecule has 3 heterocycles. The monoisotopic (exact) mass is 412 g/mol.